The smallest absolute Gasteiger partial charge is 0.0944 e. The fourth-order valence-electron chi connectivity index (χ4n) is 3.82. The topological polar surface area (TPSA) is 46.5 Å². The third kappa shape index (κ3) is 2.71. The van der Waals surface area contributed by atoms with E-state index in [1.165, 1.54) is 22.1 Å². The van der Waals surface area contributed by atoms with Crippen LogP contribution in [0.1, 0.15) is 37.5 Å². The standard InChI is InChI=1S/C22H24N4/c1-4-15-12-19(13-16(5-2)20(15)6-3)26-22(14-24-25-26)18-7-8-21-17(11-18)9-10-23-21/h7-14,23H,4-6H2,1-3H3. The van der Waals surface area contributed by atoms with Crippen LogP contribution in [-0.4, -0.2) is 20.0 Å². The van der Waals surface area contributed by atoms with E-state index >= 15 is 0 Å². The molecule has 2 heterocycles. The number of rotatable bonds is 5. The maximum atomic E-state index is 4.40. The van der Waals surface area contributed by atoms with Gasteiger partial charge in [0.1, 0.15) is 0 Å². The second-order valence-corrected chi connectivity index (χ2v) is 6.61. The summed E-state index contributed by atoms with van der Waals surface area (Å²) in [6.45, 7) is 6.68. The Labute approximate surface area is 153 Å². The van der Waals surface area contributed by atoms with Gasteiger partial charge < -0.3 is 4.98 Å². The number of H-pyrrole nitrogens is 1. The lowest BCUT2D eigenvalue weighted by Crippen LogP contribution is -2.05. The predicted octanol–water partition coefficient (Wildman–Crippen LogP) is 5.10. The number of nitrogens with one attached hydrogen (secondary N) is 1. The molecular formula is C22H24N4. The van der Waals surface area contributed by atoms with E-state index in [-0.39, 0.29) is 0 Å². The van der Waals surface area contributed by atoms with Crippen LogP contribution in [-0.2, 0) is 19.3 Å². The number of benzene rings is 2. The fraction of sp³-hybridized carbons (Fsp3) is 0.273. The van der Waals surface area contributed by atoms with Crippen LogP contribution >= 0.6 is 0 Å². The minimum atomic E-state index is 1.02. The van der Waals surface area contributed by atoms with Crippen molar-refractivity contribution in [1.82, 2.24) is 20.0 Å². The maximum Gasteiger partial charge on any atom is 0.0944 e. The molecule has 0 spiro atoms. The zero-order valence-corrected chi connectivity index (χ0v) is 15.6. The van der Waals surface area contributed by atoms with Gasteiger partial charge in [-0.25, -0.2) is 4.68 Å². The van der Waals surface area contributed by atoms with Crippen molar-refractivity contribution in [3.8, 4) is 16.9 Å². The molecule has 0 saturated heterocycles. The second kappa shape index (κ2) is 6.79. The SMILES string of the molecule is CCc1cc(-n2nncc2-c2ccc3[nH]ccc3c2)cc(CC)c1CC. The number of aryl methyl sites for hydroxylation is 2. The monoisotopic (exact) mass is 344 g/mol. The summed E-state index contributed by atoms with van der Waals surface area (Å²) in [5, 5.41) is 9.79. The van der Waals surface area contributed by atoms with Gasteiger partial charge in [-0.2, -0.15) is 0 Å². The first-order valence-corrected chi connectivity index (χ1v) is 9.38. The third-order valence-corrected chi connectivity index (χ3v) is 5.18. The lowest BCUT2D eigenvalue weighted by Gasteiger charge is -2.15. The van der Waals surface area contributed by atoms with Crippen LogP contribution in [0.3, 0.4) is 0 Å². The zero-order valence-electron chi connectivity index (χ0n) is 15.6. The lowest BCUT2D eigenvalue weighted by atomic mass is 9.94. The van der Waals surface area contributed by atoms with E-state index in [1.807, 2.05) is 17.1 Å². The van der Waals surface area contributed by atoms with Crippen molar-refractivity contribution in [2.24, 2.45) is 0 Å². The number of hydrogen-bond donors (Lipinski definition) is 1. The van der Waals surface area contributed by atoms with Crippen molar-refractivity contribution in [2.45, 2.75) is 40.0 Å². The van der Waals surface area contributed by atoms with Crippen LogP contribution in [0, 0.1) is 0 Å². The van der Waals surface area contributed by atoms with Gasteiger partial charge in [0.25, 0.3) is 0 Å². The van der Waals surface area contributed by atoms with Crippen LogP contribution in [0.15, 0.2) is 48.8 Å². The van der Waals surface area contributed by atoms with Gasteiger partial charge in [0.15, 0.2) is 0 Å². The molecular weight excluding hydrogens is 320 g/mol. The molecule has 0 fully saturated rings. The van der Waals surface area contributed by atoms with Crippen molar-refractivity contribution in [3.05, 3.63) is 65.5 Å². The van der Waals surface area contributed by atoms with Crippen molar-refractivity contribution in [1.29, 1.82) is 0 Å². The molecule has 0 unspecified atom stereocenters. The molecule has 0 saturated carbocycles. The van der Waals surface area contributed by atoms with Crippen LogP contribution in [0.25, 0.3) is 27.8 Å². The van der Waals surface area contributed by atoms with E-state index in [2.05, 4.69) is 72.5 Å². The minimum Gasteiger partial charge on any atom is -0.361 e. The first-order valence-electron chi connectivity index (χ1n) is 9.38. The van der Waals surface area contributed by atoms with E-state index < -0.39 is 0 Å². The van der Waals surface area contributed by atoms with Crippen molar-refractivity contribution >= 4 is 10.9 Å². The Morgan fingerprint density at radius 3 is 2.38 bits per heavy atom. The predicted molar refractivity (Wildman–Crippen MR) is 107 cm³/mol. The molecule has 132 valence electrons. The normalized spacial score (nSPS) is 11.3. The molecule has 0 bridgehead atoms. The Morgan fingerprint density at radius 2 is 1.69 bits per heavy atom. The summed E-state index contributed by atoms with van der Waals surface area (Å²) in [6, 6.07) is 13.0. The average Bonchev–Trinajstić information content (AvgIpc) is 3.35. The minimum absolute atomic E-state index is 1.02. The highest BCUT2D eigenvalue weighted by Crippen LogP contribution is 2.28. The molecule has 0 aliphatic heterocycles. The Morgan fingerprint density at radius 1 is 0.923 bits per heavy atom. The molecule has 2 aromatic carbocycles. The summed E-state index contributed by atoms with van der Waals surface area (Å²) < 4.78 is 1.96. The number of fused-ring (bicyclic) bond motifs is 1. The van der Waals surface area contributed by atoms with Crippen molar-refractivity contribution in [3.63, 3.8) is 0 Å². The zero-order chi connectivity index (χ0) is 18.1. The van der Waals surface area contributed by atoms with Gasteiger partial charge in [-0.1, -0.05) is 32.1 Å². The van der Waals surface area contributed by atoms with Crippen LogP contribution in [0.2, 0.25) is 0 Å². The van der Waals surface area contributed by atoms with Crippen LogP contribution in [0.4, 0.5) is 0 Å². The van der Waals surface area contributed by atoms with Gasteiger partial charge in [0.05, 0.1) is 17.6 Å². The molecule has 0 aliphatic rings. The molecule has 4 aromatic rings. The molecule has 4 heteroatoms. The summed E-state index contributed by atoms with van der Waals surface area (Å²) in [5.74, 6) is 0. The molecule has 26 heavy (non-hydrogen) atoms. The van der Waals surface area contributed by atoms with Crippen molar-refractivity contribution in [2.75, 3.05) is 0 Å². The molecule has 4 rings (SSSR count). The molecule has 0 atom stereocenters. The van der Waals surface area contributed by atoms with Gasteiger partial charge >= 0.3 is 0 Å². The maximum absolute atomic E-state index is 4.40. The summed E-state index contributed by atoms with van der Waals surface area (Å²) in [4.78, 5) is 3.24. The van der Waals surface area contributed by atoms with E-state index in [1.54, 1.807) is 0 Å². The summed E-state index contributed by atoms with van der Waals surface area (Å²) in [7, 11) is 0. The Kier molecular flexibility index (Phi) is 4.33. The molecule has 2 aromatic heterocycles. The Bertz CT molecular complexity index is 1030. The largest absolute Gasteiger partial charge is 0.361 e. The lowest BCUT2D eigenvalue weighted by molar-refractivity contribution is 0.802. The van der Waals surface area contributed by atoms with E-state index in [4.69, 9.17) is 0 Å². The molecule has 4 nitrogen and oxygen atoms in total. The highest BCUT2D eigenvalue weighted by Gasteiger charge is 2.13. The highest BCUT2D eigenvalue weighted by molar-refractivity contribution is 5.84. The van der Waals surface area contributed by atoms with E-state index in [0.717, 1.165) is 41.7 Å². The first kappa shape index (κ1) is 16.6. The van der Waals surface area contributed by atoms with Gasteiger partial charge in [-0.3, -0.25) is 0 Å². The third-order valence-electron chi connectivity index (χ3n) is 5.18. The van der Waals surface area contributed by atoms with Gasteiger partial charge in [-0.05, 0) is 66.3 Å². The van der Waals surface area contributed by atoms with Crippen LogP contribution in [0.5, 0.6) is 0 Å². The number of hydrogen-bond acceptors (Lipinski definition) is 2. The highest BCUT2D eigenvalue weighted by atomic mass is 15.4. The molecule has 0 aliphatic carbocycles. The van der Waals surface area contributed by atoms with E-state index in [0.29, 0.717) is 0 Å². The molecule has 0 amide bonds. The average molecular weight is 344 g/mol. The van der Waals surface area contributed by atoms with Gasteiger partial charge in [0.2, 0.25) is 0 Å². The second-order valence-electron chi connectivity index (χ2n) is 6.61. The number of aromatic nitrogens is 4. The summed E-state index contributed by atoms with van der Waals surface area (Å²) in [6.07, 6.45) is 6.95. The number of nitrogens with zero attached hydrogens (tertiary/aromatic N) is 3. The summed E-state index contributed by atoms with van der Waals surface area (Å²) >= 11 is 0. The van der Waals surface area contributed by atoms with Gasteiger partial charge in [-0.15, -0.1) is 5.10 Å². The first-order chi connectivity index (χ1) is 12.7. The van der Waals surface area contributed by atoms with E-state index in [9.17, 15) is 0 Å². The number of aromatic amines is 1. The summed E-state index contributed by atoms with van der Waals surface area (Å²) in [5.41, 5.74) is 8.67. The van der Waals surface area contributed by atoms with Crippen molar-refractivity contribution < 1.29 is 0 Å². The quantitative estimate of drug-likeness (QED) is 0.547. The van der Waals surface area contributed by atoms with Gasteiger partial charge in [0, 0.05) is 22.7 Å². The Hall–Kier alpha value is -2.88. The van der Waals surface area contributed by atoms with Crippen LogP contribution < -0.4 is 0 Å². The fourth-order valence-corrected chi connectivity index (χ4v) is 3.82. The Balaban J connectivity index is 1.86. The molecule has 1 N–H and O–H groups in total. The molecule has 0 radical (unpaired) electrons.